The number of halogens is 1. The summed E-state index contributed by atoms with van der Waals surface area (Å²) >= 11 is 5.84. The van der Waals surface area contributed by atoms with E-state index in [0.29, 0.717) is 10.8 Å². The Kier molecular flexibility index (Phi) is 6.50. The van der Waals surface area contributed by atoms with Crippen LogP contribution >= 0.6 is 11.6 Å². The van der Waals surface area contributed by atoms with E-state index in [9.17, 15) is 9.59 Å². The molecular weight excluding hydrogens is 366 g/mol. The van der Waals surface area contributed by atoms with E-state index in [0.717, 1.165) is 22.4 Å². The molecule has 1 amide bonds. The summed E-state index contributed by atoms with van der Waals surface area (Å²) in [7, 11) is 0. The predicted molar refractivity (Wildman–Crippen MR) is 106 cm³/mol. The average molecular weight is 390 g/mol. The molecule has 0 atom stereocenters. The van der Waals surface area contributed by atoms with E-state index >= 15 is 0 Å². The van der Waals surface area contributed by atoms with Crippen molar-refractivity contribution in [2.24, 2.45) is 0 Å². The molecule has 0 heterocycles. The van der Waals surface area contributed by atoms with Gasteiger partial charge in [0.15, 0.2) is 12.2 Å². The van der Waals surface area contributed by atoms with E-state index in [4.69, 9.17) is 21.1 Å². The molecule has 144 valence electrons. The van der Waals surface area contributed by atoms with Crippen LogP contribution in [0.25, 0.3) is 0 Å². The molecule has 0 saturated heterocycles. The second-order valence-corrected chi connectivity index (χ2v) is 7.40. The number of amides is 1. The molecule has 0 spiro atoms. The number of hydrogen-bond acceptors (Lipinski definition) is 4. The van der Waals surface area contributed by atoms with Crippen molar-refractivity contribution in [1.82, 2.24) is 0 Å². The molecule has 27 heavy (non-hydrogen) atoms. The Hall–Kier alpha value is -2.53. The van der Waals surface area contributed by atoms with Crippen LogP contribution in [0.2, 0.25) is 5.02 Å². The minimum atomic E-state index is -1.25. The van der Waals surface area contributed by atoms with Crippen LogP contribution < -0.4 is 10.1 Å². The van der Waals surface area contributed by atoms with Crippen molar-refractivity contribution in [3.05, 3.63) is 58.1 Å². The third kappa shape index (κ3) is 5.73. The zero-order chi connectivity index (χ0) is 20.2. The van der Waals surface area contributed by atoms with Gasteiger partial charge in [-0.05, 0) is 70.0 Å². The number of nitrogens with one attached hydrogen (secondary N) is 1. The summed E-state index contributed by atoms with van der Waals surface area (Å²) in [6, 6.07) is 10.6. The number of esters is 1. The van der Waals surface area contributed by atoms with Crippen molar-refractivity contribution in [3.63, 3.8) is 0 Å². The van der Waals surface area contributed by atoms with Crippen LogP contribution in [0.4, 0.5) is 5.69 Å². The molecule has 2 aromatic rings. The highest BCUT2D eigenvalue weighted by Gasteiger charge is 2.32. The van der Waals surface area contributed by atoms with Gasteiger partial charge in [0, 0.05) is 10.7 Å². The van der Waals surface area contributed by atoms with Crippen molar-refractivity contribution in [1.29, 1.82) is 0 Å². The molecule has 0 aliphatic rings. The van der Waals surface area contributed by atoms with Gasteiger partial charge < -0.3 is 14.8 Å². The molecule has 0 radical (unpaired) electrons. The molecule has 0 unspecified atom stereocenters. The van der Waals surface area contributed by atoms with Crippen LogP contribution in [0.15, 0.2) is 36.4 Å². The second kappa shape index (κ2) is 8.44. The van der Waals surface area contributed by atoms with E-state index in [-0.39, 0.29) is 6.61 Å². The summed E-state index contributed by atoms with van der Waals surface area (Å²) in [5.74, 6) is -0.553. The highest BCUT2D eigenvalue weighted by Crippen LogP contribution is 2.23. The van der Waals surface area contributed by atoms with Gasteiger partial charge in [0.2, 0.25) is 0 Å². The summed E-state index contributed by atoms with van der Waals surface area (Å²) in [4.78, 5) is 24.5. The fourth-order valence-electron chi connectivity index (χ4n) is 2.70. The lowest BCUT2D eigenvalue weighted by Crippen LogP contribution is -2.41. The molecule has 5 nitrogen and oxygen atoms in total. The zero-order valence-electron chi connectivity index (χ0n) is 16.2. The van der Waals surface area contributed by atoms with E-state index in [2.05, 4.69) is 5.32 Å². The van der Waals surface area contributed by atoms with Gasteiger partial charge in [0.05, 0.1) is 0 Å². The third-order valence-electron chi connectivity index (χ3n) is 3.95. The van der Waals surface area contributed by atoms with Crippen LogP contribution in [-0.2, 0) is 14.3 Å². The first-order valence-corrected chi connectivity index (χ1v) is 8.96. The Bertz CT molecular complexity index is 821. The maximum absolute atomic E-state index is 12.3. The van der Waals surface area contributed by atoms with Crippen molar-refractivity contribution >= 4 is 29.2 Å². The highest BCUT2D eigenvalue weighted by molar-refractivity contribution is 6.30. The van der Waals surface area contributed by atoms with Crippen LogP contribution in [-0.4, -0.2) is 24.1 Å². The van der Waals surface area contributed by atoms with E-state index in [1.807, 2.05) is 32.9 Å². The van der Waals surface area contributed by atoms with Crippen LogP contribution in [0.5, 0.6) is 5.75 Å². The minimum absolute atomic E-state index is 0.390. The molecule has 0 aliphatic carbocycles. The van der Waals surface area contributed by atoms with Gasteiger partial charge in [-0.25, -0.2) is 4.79 Å². The normalized spacial score (nSPS) is 11.0. The van der Waals surface area contributed by atoms with Gasteiger partial charge >= 0.3 is 5.97 Å². The van der Waals surface area contributed by atoms with Gasteiger partial charge in [0.1, 0.15) is 5.75 Å². The van der Waals surface area contributed by atoms with Gasteiger partial charge in [-0.2, -0.15) is 0 Å². The minimum Gasteiger partial charge on any atom is -0.476 e. The predicted octanol–water partition coefficient (Wildman–Crippen LogP) is 4.60. The summed E-state index contributed by atoms with van der Waals surface area (Å²) in [5.41, 5.74) is 2.52. The van der Waals surface area contributed by atoms with Crippen LogP contribution in [0, 0.1) is 20.8 Å². The number of carbonyl (C=O) groups excluding carboxylic acids is 2. The molecular formula is C21H24ClNO4. The number of hydrogen-bond donors (Lipinski definition) is 1. The van der Waals surface area contributed by atoms with E-state index < -0.39 is 17.5 Å². The Labute approximate surface area is 164 Å². The average Bonchev–Trinajstić information content (AvgIpc) is 2.57. The summed E-state index contributed by atoms with van der Waals surface area (Å²) in [6.07, 6.45) is 0. The zero-order valence-corrected chi connectivity index (χ0v) is 16.9. The molecule has 0 bridgehead atoms. The fourth-order valence-corrected chi connectivity index (χ4v) is 2.82. The molecule has 6 heteroatoms. The summed E-state index contributed by atoms with van der Waals surface area (Å²) < 4.78 is 10.8. The molecule has 1 N–H and O–H groups in total. The topological polar surface area (TPSA) is 64.6 Å². The van der Waals surface area contributed by atoms with E-state index in [1.165, 1.54) is 0 Å². The fraction of sp³-hybridized carbons (Fsp3) is 0.333. The lowest BCUT2D eigenvalue weighted by atomic mass is 10.1. The first-order chi connectivity index (χ1) is 12.6. The molecule has 0 aromatic heterocycles. The van der Waals surface area contributed by atoms with Crippen molar-refractivity contribution in [2.45, 2.75) is 40.2 Å². The third-order valence-corrected chi connectivity index (χ3v) is 4.21. The smallest absolute Gasteiger partial charge is 0.350 e. The number of carbonyl (C=O) groups is 2. The van der Waals surface area contributed by atoms with Gasteiger partial charge in [0.25, 0.3) is 5.91 Å². The number of rotatable bonds is 6. The Morgan fingerprint density at radius 3 is 2.15 bits per heavy atom. The number of benzene rings is 2. The standard InChI is InChI=1S/C21H24ClNO4/c1-13-10-14(2)19(15(3)11-13)23-18(24)12-26-20(25)21(4,5)27-17-8-6-16(22)7-9-17/h6-11H,12H2,1-5H3,(H,23,24). The Balaban J connectivity index is 1.94. The SMILES string of the molecule is Cc1cc(C)c(NC(=O)COC(=O)C(C)(C)Oc2ccc(Cl)cc2)c(C)c1. The Morgan fingerprint density at radius 1 is 1.04 bits per heavy atom. The van der Waals surface area contributed by atoms with Gasteiger partial charge in [-0.3, -0.25) is 4.79 Å². The molecule has 0 aliphatic heterocycles. The first-order valence-electron chi connectivity index (χ1n) is 8.58. The van der Waals surface area contributed by atoms with Crippen molar-refractivity contribution < 1.29 is 19.1 Å². The monoisotopic (exact) mass is 389 g/mol. The maximum atomic E-state index is 12.3. The van der Waals surface area contributed by atoms with E-state index in [1.54, 1.807) is 38.1 Å². The lowest BCUT2D eigenvalue weighted by molar-refractivity contribution is -0.161. The lowest BCUT2D eigenvalue weighted by Gasteiger charge is -2.24. The van der Waals surface area contributed by atoms with Crippen LogP contribution in [0.1, 0.15) is 30.5 Å². The molecule has 0 fully saturated rings. The largest absolute Gasteiger partial charge is 0.476 e. The quantitative estimate of drug-likeness (QED) is 0.733. The molecule has 2 aromatic carbocycles. The van der Waals surface area contributed by atoms with Gasteiger partial charge in [-0.1, -0.05) is 29.3 Å². The van der Waals surface area contributed by atoms with Gasteiger partial charge in [-0.15, -0.1) is 0 Å². The maximum Gasteiger partial charge on any atom is 0.350 e. The second-order valence-electron chi connectivity index (χ2n) is 6.96. The Morgan fingerprint density at radius 2 is 1.59 bits per heavy atom. The number of aryl methyl sites for hydroxylation is 3. The first kappa shape index (κ1) is 20.8. The number of anilines is 1. The van der Waals surface area contributed by atoms with Crippen LogP contribution in [0.3, 0.4) is 0 Å². The number of ether oxygens (including phenoxy) is 2. The highest BCUT2D eigenvalue weighted by atomic mass is 35.5. The molecule has 2 rings (SSSR count). The van der Waals surface area contributed by atoms with Crippen molar-refractivity contribution in [2.75, 3.05) is 11.9 Å². The summed E-state index contributed by atoms with van der Waals surface area (Å²) in [5, 5.41) is 3.37. The summed E-state index contributed by atoms with van der Waals surface area (Å²) in [6.45, 7) is 8.61. The van der Waals surface area contributed by atoms with Crippen molar-refractivity contribution in [3.8, 4) is 5.75 Å². The molecule has 0 saturated carbocycles.